The number of hydrogen-bond acceptors (Lipinski definition) is 5. The summed E-state index contributed by atoms with van der Waals surface area (Å²) in [6, 6.07) is 9.20. The fourth-order valence-electron chi connectivity index (χ4n) is 1.72. The van der Waals surface area contributed by atoms with E-state index >= 15 is 0 Å². The molecular formula is C13H15N3O3S2. The molecule has 1 amide bonds. The maximum absolute atomic E-state index is 12.5. The van der Waals surface area contributed by atoms with Crippen molar-refractivity contribution in [3.8, 4) is 0 Å². The highest BCUT2D eigenvalue weighted by atomic mass is 32.2. The van der Waals surface area contributed by atoms with Gasteiger partial charge in [-0.15, -0.1) is 0 Å². The molecule has 1 N–H and O–H groups in total. The predicted molar refractivity (Wildman–Crippen MR) is 84.5 cm³/mol. The Morgan fingerprint density at radius 3 is 2.48 bits per heavy atom. The molecule has 0 fully saturated rings. The van der Waals surface area contributed by atoms with E-state index in [4.69, 9.17) is 0 Å². The Hall–Kier alpha value is -1.93. The molecule has 2 aromatic rings. The Morgan fingerprint density at radius 1 is 1.29 bits per heavy atom. The van der Waals surface area contributed by atoms with Gasteiger partial charge in [-0.1, -0.05) is 29.5 Å². The summed E-state index contributed by atoms with van der Waals surface area (Å²) in [6.45, 7) is 1.68. The second-order valence-corrected chi connectivity index (χ2v) is 7.26. The average molecular weight is 325 g/mol. The standard InChI is InChI=1S/C13H15N3O3S2/c1-9-11(20-13(14-9)15-21(3,18)19)12(17)16(2)10-7-5-4-6-8-10/h4-8H,1-3H3,(H,14,15). The number of aryl methyl sites for hydroxylation is 1. The molecular weight excluding hydrogens is 310 g/mol. The van der Waals surface area contributed by atoms with Crippen molar-refractivity contribution >= 4 is 38.1 Å². The first kappa shape index (κ1) is 15.5. The number of benzene rings is 1. The van der Waals surface area contributed by atoms with E-state index in [0.717, 1.165) is 23.3 Å². The minimum atomic E-state index is -3.41. The minimum Gasteiger partial charge on any atom is -0.311 e. The molecule has 0 bridgehead atoms. The molecule has 8 heteroatoms. The number of sulfonamides is 1. The van der Waals surface area contributed by atoms with Crippen LogP contribution in [0, 0.1) is 6.92 Å². The molecule has 0 radical (unpaired) electrons. The van der Waals surface area contributed by atoms with E-state index in [9.17, 15) is 13.2 Å². The number of aromatic nitrogens is 1. The number of carbonyl (C=O) groups excluding carboxylic acids is 1. The van der Waals surface area contributed by atoms with Crippen LogP contribution >= 0.6 is 11.3 Å². The van der Waals surface area contributed by atoms with Gasteiger partial charge in [0.1, 0.15) is 4.88 Å². The van der Waals surface area contributed by atoms with Gasteiger partial charge in [0.15, 0.2) is 5.13 Å². The average Bonchev–Trinajstić information content (AvgIpc) is 2.76. The number of nitrogens with one attached hydrogen (secondary N) is 1. The zero-order valence-corrected chi connectivity index (χ0v) is 13.5. The molecule has 1 aromatic heterocycles. The number of anilines is 2. The number of rotatable bonds is 4. The lowest BCUT2D eigenvalue weighted by atomic mass is 10.3. The molecule has 112 valence electrons. The van der Waals surface area contributed by atoms with Gasteiger partial charge in [-0.3, -0.25) is 9.52 Å². The second-order valence-electron chi connectivity index (χ2n) is 4.51. The van der Waals surface area contributed by atoms with E-state index in [2.05, 4.69) is 9.71 Å². The molecule has 0 atom stereocenters. The van der Waals surface area contributed by atoms with Gasteiger partial charge >= 0.3 is 0 Å². The van der Waals surface area contributed by atoms with Gasteiger partial charge < -0.3 is 4.90 Å². The van der Waals surface area contributed by atoms with E-state index in [-0.39, 0.29) is 11.0 Å². The number of para-hydroxylation sites is 1. The lowest BCUT2D eigenvalue weighted by Gasteiger charge is -2.16. The van der Waals surface area contributed by atoms with Gasteiger partial charge in [-0.05, 0) is 19.1 Å². The first-order valence-electron chi connectivity index (χ1n) is 6.06. The Morgan fingerprint density at radius 2 is 1.90 bits per heavy atom. The molecule has 1 heterocycles. The molecule has 0 unspecified atom stereocenters. The smallest absolute Gasteiger partial charge is 0.270 e. The number of carbonyl (C=O) groups is 1. The van der Waals surface area contributed by atoms with Crippen molar-refractivity contribution in [3.05, 3.63) is 40.9 Å². The zero-order valence-electron chi connectivity index (χ0n) is 11.8. The number of hydrogen-bond donors (Lipinski definition) is 1. The summed E-state index contributed by atoms with van der Waals surface area (Å²) in [6.07, 6.45) is 1.04. The third-order valence-corrected chi connectivity index (χ3v) is 4.47. The third kappa shape index (κ3) is 3.79. The van der Waals surface area contributed by atoms with Crippen molar-refractivity contribution in [1.29, 1.82) is 0 Å². The number of nitrogens with zero attached hydrogens (tertiary/aromatic N) is 2. The summed E-state index contributed by atoms with van der Waals surface area (Å²) >= 11 is 1.02. The van der Waals surface area contributed by atoms with Gasteiger partial charge in [0.2, 0.25) is 10.0 Å². The molecule has 6 nitrogen and oxygen atoms in total. The summed E-state index contributed by atoms with van der Waals surface area (Å²) in [5.74, 6) is -0.224. The summed E-state index contributed by atoms with van der Waals surface area (Å²) < 4.78 is 24.7. The Balaban J connectivity index is 2.28. The highest BCUT2D eigenvalue weighted by Crippen LogP contribution is 2.26. The molecule has 0 spiro atoms. The zero-order chi connectivity index (χ0) is 15.6. The normalized spacial score (nSPS) is 11.2. The van der Waals surface area contributed by atoms with Crippen LogP contribution < -0.4 is 9.62 Å². The van der Waals surface area contributed by atoms with Crippen LogP contribution in [-0.2, 0) is 10.0 Å². The van der Waals surface area contributed by atoms with Crippen LogP contribution in [0.4, 0.5) is 10.8 Å². The highest BCUT2D eigenvalue weighted by molar-refractivity contribution is 7.92. The van der Waals surface area contributed by atoms with Crippen molar-refractivity contribution in [3.63, 3.8) is 0 Å². The topological polar surface area (TPSA) is 79.4 Å². The quantitative estimate of drug-likeness (QED) is 0.933. The summed E-state index contributed by atoms with van der Waals surface area (Å²) in [7, 11) is -1.74. The van der Waals surface area contributed by atoms with Crippen molar-refractivity contribution < 1.29 is 13.2 Å². The molecule has 0 aliphatic rings. The minimum absolute atomic E-state index is 0.194. The molecule has 2 rings (SSSR count). The predicted octanol–water partition coefficient (Wildman–Crippen LogP) is 2.10. The highest BCUT2D eigenvalue weighted by Gasteiger charge is 2.20. The SMILES string of the molecule is Cc1nc(NS(C)(=O)=O)sc1C(=O)N(C)c1ccccc1. The van der Waals surface area contributed by atoms with Crippen LogP contribution in [0.3, 0.4) is 0 Å². The third-order valence-electron chi connectivity index (χ3n) is 2.71. The molecule has 21 heavy (non-hydrogen) atoms. The summed E-state index contributed by atoms with van der Waals surface area (Å²) in [4.78, 5) is 18.5. The largest absolute Gasteiger partial charge is 0.311 e. The monoisotopic (exact) mass is 325 g/mol. The van der Waals surface area contributed by atoms with Gasteiger partial charge in [0, 0.05) is 12.7 Å². The molecule has 0 saturated carbocycles. The van der Waals surface area contributed by atoms with Crippen LogP contribution in [0.5, 0.6) is 0 Å². The lowest BCUT2D eigenvalue weighted by Crippen LogP contribution is -2.25. The molecule has 0 saturated heterocycles. The van der Waals surface area contributed by atoms with Crippen molar-refractivity contribution in [1.82, 2.24) is 4.98 Å². The second kappa shape index (κ2) is 5.82. The number of amides is 1. The van der Waals surface area contributed by atoms with Crippen LogP contribution in [-0.4, -0.2) is 32.6 Å². The van der Waals surface area contributed by atoms with E-state index in [0.29, 0.717) is 10.6 Å². The van der Waals surface area contributed by atoms with Crippen LogP contribution in [0.1, 0.15) is 15.4 Å². The Kier molecular flexibility index (Phi) is 4.29. The first-order chi connectivity index (χ1) is 9.78. The van der Waals surface area contributed by atoms with E-state index in [1.807, 2.05) is 30.3 Å². The van der Waals surface area contributed by atoms with Gasteiger partial charge in [0.25, 0.3) is 5.91 Å². The fraction of sp³-hybridized carbons (Fsp3) is 0.231. The van der Waals surface area contributed by atoms with Gasteiger partial charge in [0.05, 0.1) is 11.9 Å². The van der Waals surface area contributed by atoms with E-state index in [1.54, 1.807) is 14.0 Å². The van der Waals surface area contributed by atoms with Crippen molar-refractivity contribution in [2.75, 3.05) is 22.9 Å². The van der Waals surface area contributed by atoms with Gasteiger partial charge in [-0.25, -0.2) is 13.4 Å². The maximum Gasteiger partial charge on any atom is 0.270 e. The van der Waals surface area contributed by atoms with Gasteiger partial charge in [-0.2, -0.15) is 0 Å². The Labute approximate surface area is 127 Å². The van der Waals surface area contributed by atoms with E-state index in [1.165, 1.54) is 4.90 Å². The number of thiazole rings is 1. The van der Waals surface area contributed by atoms with Crippen molar-refractivity contribution in [2.45, 2.75) is 6.92 Å². The van der Waals surface area contributed by atoms with Crippen LogP contribution in [0.15, 0.2) is 30.3 Å². The summed E-state index contributed by atoms with van der Waals surface area (Å²) in [5.41, 5.74) is 1.26. The summed E-state index contributed by atoms with van der Waals surface area (Å²) in [5, 5.41) is 0.194. The van der Waals surface area contributed by atoms with Crippen LogP contribution in [0.25, 0.3) is 0 Å². The lowest BCUT2D eigenvalue weighted by molar-refractivity contribution is 0.0996. The van der Waals surface area contributed by atoms with E-state index < -0.39 is 10.0 Å². The molecule has 0 aliphatic carbocycles. The van der Waals surface area contributed by atoms with Crippen LogP contribution in [0.2, 0.25) is 0 Å². The maximum atomic E-state index is 12.5. The first-order valence-corrected chi connectivity index (χ1v) is 8.77. The molecule has 0 aliphatic heterocycles. The van der Waals surface area contributed by atoms with Crippen molar-refractivity contribution in [2.24, 2.45) is 0 Å². The Bertz CT molecular complexity index is 754. The fourth-order valence-corrected chi connectivity index (χ4v) is 3.50. The molecule has 1 aromatic carbocycles.